The van der Waals surface area contributed by atoms with E-state index in [9.17, 15) is 0 Å². The fourth-order valence-corrected chi connectivity index (χ4v) is 1.90. The van der Waals surface area contributed by atoms with E-state index in [1.807, 2.05) is 0 Å². The zero-order valence-corrected chi connectivity index (χ0v) is 9.30. The van der Waals surface area contributed by atoms with E-state index >= 15 is 0 Å². The third-order valence-electron chi connectivity index (χ3n) is 2.69. The van der Waals surface area contributed by atoms with E-state index in [1.54, 1.807) is 11.1 Å². The standard InChI is InChI=1S/C13H16.Ni/c1-2-7-12(6-1)10-5-11-13-8-3-4-9-13;/h1-4,6,8H,5,7,9-11H2;. The van der Waals surface area contributed by atoms with Crippen molar-refractivity contribution in [3.63, 3.8) is 0 Å². The quantitative estimate of drug-likeness (QED) is 0.643. The average Bonchev–Trinajstić information content (AvgIpc) is 2.75. The number of rotatable bonds is 4. The van der Waals surface area contributed by atoms with E-state index in [4.69, 9.17) is 0 Å². The van der Waals surface area contributed by atoms with Crippen molar-refractivity contribution < 1.29 is 16.5 Å². The second-order valence-electron chi connectivity index (χ2n) is 3.77. The van der Waals surface area contributed by atoms with Crippen molar-refractivity contribution in [3.05, 3.63) is 47.6 Å². The van der Waals surface area contributed by atoms with E-state index in [1.165, 1.54) is 32.1 Å². The third kappa shape index (κ3) is 3.31. The van der Waals surface area contributed by atoms with E-state index in [0.717, 1.165) is 0 Å². The number of allylic oxidation sites excluding steroid dienone is 8. The van der Waals surface area contributed by atoms with Crippen LogP contribution in [0.2, 0.25) is 0 Å². The van der Waals surface area contributed by atoms with Gasteiger partial charge in [-0.25, -0.2) is 0 Å². The van der Waals surface area contributed by atoms with Gasteiger partial charge in [0, 0.05) is 16.5 Å². The van der Waals surface area contributed by atoms with Crippen molar-refractivity contribution in [2.45, 2.75) is 32.1 Å². The van der Waals surface area contributed by atoms with Crippen molar-refractivity contribution in [1.29, 1.82) is 0 Å². The molecule has 0 aromatic carbocycles. The van der Waals surface area contributed by atoms with Gasteiger partial charge in [-0.15, -0.1) is 0 Å². The number of hydrogen-bond donors (Lipinski definition) is 0. The molecule has 0 aromatic rings. The Bertz CT molecular complexity index is 262. The second-order valence-corrected chi connectivity index (χ2v) is 3.77. The monoisotopic (exact) mass is 230 g/mol. The maximum Gasteiger partial charge on any atom is 0 e. The fraction of sp³-hybridized carbons (Fsp3) is 0.385. The molecule has 0 spiro atoms. The first-order chi connectivity index (χ1) is 6.45. The summed E-state index contributed by atoms with van der Waals surface area (Å²) in [6.07, 6.45) is 19.6. The van der Waals surface area contributed by atoms with Crippen LogP contribution in [0.4, 0.5) is 0 Å². The minimum absolute atomic E-state index is 0. The molecule has 2 rings (SSSR count). The first-order valence-electron chi connectivity index (χ1n) is 5.14. The topological polar surface area (TPSA) is 0 Å². The fourth-order valence-electron chi connectivity index (χ4n) is 1.90. The molecule has 0 saturated carbocycles. The summed E-state index contributed by atoms with van der Waals surface area (Å²) < 4.78 is 0. The van der Waals surface area contributed by atoms with Gasteiger partial charge in [0.05, 0.1) is 0 Å². The van der Waals surface area contributed by atoms with Gasteiger partial charge in [-0.05, 0) is 32.1 Å². The molecule has 1 heteroatoms. The first-order valence-corrected chi connectivity index (χ1v) is 5.14. The van der Waals surface area contributed by atoms with Gasteiger partial charge in [0.25, 0.3) is 0 Å². The molecule has 0 N–H and O–H groups in total. The van der Waals surface area contributed by atoms with Gasteiger partial charge in [-0.1, -0.05) is 47.6 Å². The molecule has 0 nitrogen and oxygen atoms in total. The summed E-state index contributed by atoms with van der Waals surface area (Å²) in [6, 6.07) is 0. The van der Waals surface area contributed by atoms with Gasteiger partial charge < -0.3 is 0 Å². The number of hydrogen-bond acceptors (Lipinski definition) is 0. The van der Waals surface area contributed by atoms with Crippen molar-refractivity contribution >= 4 is 0 Å². The molecule has 0 fully saturated rings. The normalized spacial score (nSPS) is 18.0. The molecule has 0 heterocycles. The molecule has 0 unspecified atom stereocenters. The first kappa shape index (κ1) is 11.5. The summed E-state index contributed by atoms with van der Waals surface area (Å²) in [5, 5.41) is 0. The van der Waals surface area contributed by atoms with Crippen LogP contribution in [0.3, 0.4) is 0 Å². The van der Waals surface area contributed by atoms with Crippen LogP contribution in [0.1, 0.15) is 32.1 Å². The van der Waals surface area contributed by atoms with Gasteiger partial charge in [0.15, 0.2) is 0 Å². The molecule has 0 radical (unpaired) electrons. The van der Waals surface area contributed by atoms with Gasteiger partial charge in [0.1, 0.15) is 0 Å². The molecule has 0 saturated heterocycles. The van der Waals surface area contributed by atoms with Crippen LogP contribution in [0.15, 0.2) is 47.6 Å². The molecule has 2 aliphatic carbocycles. The van der Waals surface area contributed by atoms with E-state index in [0.29, 0.717) is 0 Å². The Hall–Kier alpha value is -0.546. The summed E-state index contributed by atoms with van der Waals surface area (Å²) in [7, 11) is 0. The molecule has 14 heavy (non-hydrogen) atoms. The molecule has 0 aromatic heterocycles. The molecule has 2 aliphatic rings. The maximum absolute atomic E-state index is 2.27. The molecule has 0 atom stereocenters. The van der Waals surface area contributed by atoms with Gasteiger partial charge in [-0.3, -0.25) is 0 Å². The summed E-state index contributed by atoms with van der Waals surface area (Å²) >= 11 is 0. The van der Waals surface area contributed by atoms with Gasteiger partial charge in [-0.2, -0.15) is 0 Å². The molecular formula is C13H16Ni. The second kappa shape index (κ2) is 6.03. The van der Waals surface area contributed by atoms with Crippen molar-refractivity contribution in [2.24, 2.45) is 0 Å². The minimum atomic E-state index is 0. The average molecular weight is 231 g/mol. The summed E-state index contributed by atoms with van der Waals surface area (Å²) in [6.45, 7) is 0. The van der Waals surface area contributed by atoms with Crippen molar-refractivity contribution in [1.82, 2.24) is 0 Å². The molecule has 78 valence electrons. The minimum Gasteiger partial charge on any atom is -0.0805 e. The maximum atomic E-state index is 2.27. The van der Waals surface area contributed by atoms with Crippen LogP contribution in [-0.4, -0.2) is 0 Å². The van der Waals surface area contributed by atoms with E-state index in [2.05, 4.69) is 36.5 Å². The van der Waals surface area contributed by atoms with Crippen LogP contribution < -0.4 is 0 Å². The SMILES string of the molecule is C1=CCC(CCCC2=CC=CC2)=C1.[Ni]. The Morgan fingerprint density at radius 1 is 0.857 bits per heavy atom. The predicted molar refractivity (Wildman–Crippen MR) is 57.5 cm³/mol. The summed E-state index contributed by atoms with van der Waals surface area (Å²) in [5.74, 6) is 0. The Balaban J connectivity index is 0.000000980. The molecular weight excluding hydrogens is 215 g/mol. The molecule has 0 bridgehead atoms. The van der Waals surface area contributed by atoms with Crippen molar-refractivity contribution in [3.8, 4) is 0 Å². The summed E-state index contributed by atoms with van der Waals surface area (Å²) in [5.41, 5.74) is 3.21. The third-order valence-corrected chi connectivity index (χ3v) is 2.69. The molecule has 0 amide bonds. The van der Waals surface area contributed by atoms with E-state index in [-0.39, 0.29) is 16.5 Å². The van der Waals surface area contributed by atoms with Crippen LogP contribution in [0, 0.1) is 0 Å². The van der Waals surface area contributed by atoms with Crippen LogP contribution in [0.5, 0.6) is 0 Å². The van der Waals surface area contributed by atoms with Crippen molar-refractivity contribution in [2.75, 3.05) is 0 Å². The van der Waals surface area contributed by atoms with E-state index < -0.39 is 0 Å². The van der Waals surface area contributed by atoms with Crippen LogP contribution >= 0.6 is 0 Å². The van der Waals surface area contributed by atoms with Crippen LogP contribution in [0.25, 0.3) is 0 Å². The largest absolute Gasteiger partial charge is 0.0805 e. The Morgan fingerprint density at radius 3 is 1.71 bits per heavy atom. The summed E-state index contributed by atoms with van der Waals surface area (Å²) in [4.78, 5) is 0. The molecule has 0 aliphatic heterocycles. The van der Waals surface area contributed by atoms with Gasteiger partial charge in [0.2, 0.25) is 0 Å². The Labute approximate surface area is 96.4 Å². The predicted octanol–water partition coefficient (Wildman–Crippen LogP) is 3.93. The zero-order chi connectivity index (χ0) is 8.93. The Morgan fingerprint density at radius 2 is 1.36 bits per heavy atom. The van der Waals surface area contributed by atoms with Gasteiger partial charge >= 0.3 is 0 Å². The van der Waals surface area contributed by atoms with Crippen LogP contribution in [-0.2, 0) is 16.5 Å². The Kier molecular flexibility index (Phi) is 4.97. The zero-order valence-electron chi connectivity index (χ0n) is 8.32. The smallest absolute Gasteiger partial charge is 0 e.